The van der Waals surface area contributed by atoms with Crippen molar-refractivity contribution in [1.82, 2.24) is 4.31 Å². The summed E-state index contributed by atoms with van der Waals surface area (Å²) >= 11 is 4.02. The van der Waals surface area contributed by atoms with Crippen LogP contribution < -0.4 is 0 Å². The summed E-state index contributed by atoms with van der Waals surface area (Å²) in [6.45, 7) is 5.33. The zero-order valence-corrected chi connectivity index (χ0v) is 22.8. The third-order valence-corrected chi connectivity index (χ3v) is 5.93. The van der Waals surface area contributed by atoms with Crippen LogP contribution in [0.4, 0.5) is 4.39 Å². The van der Waals surface area contributed by atoms with Gasteiger partial charge in [-0.3, -0.25) is 4.79 Å². The van der Waals surface area contributed by atoms with Crippen molar-refractivity contribution in [3.8, 4) is 0 Å². The van der Waals surface area contributed by atoms with Crippen molar-refractivity contribution in [1.29, 1.82) is 0 Å². The Bertz CT molecular complexity index is 619. The van der Waals surface area contributed by atoms with E-state index in [1.165, 1.54) is 16.4 Å². The Balaban J connectivity index is 0.000000409. The molecule has 0 spiro atoms. The minimum Gasteiger partial charge on any atom is -0.207 e. The van der Waals surface area contributed by atoms with Crippen molar-refractivity contribution in [2.75, 3.05) is 19.3 Å². The zero-order valence-electron chi connectivity index (χ0n) is 14.7. The first-order valence-electron chi connectivity index (χ1n) is 7.28. The SMILES string of the molecule is CC(C)(C)S(=O)(=O)N1CCC(=O)C1.C[S][SrH].Fc1cccc(Br)c1. The van der Waals surface area contributed by atoms with Crippen LogP contribution >= 0.6 is 20.7 Å². The second-order valence-electron chi connectivity index (χ2n) is 6.09. The van der Waals surface area contributed by atoms with Crippen molar-refractivity contribution < 1.29 is 17.6 Å². The molecule has 0 amide bonds. The number of halogens is 2. The molecule has 1 aliphatic rings. The average Bonchev–Trinajstić information content (AvgIpc) is 2.86. The molecule has 134 valence electrons. The van der Waals surface area contributed by atoms with Crippen molar-refractivity contribution in [2.45, 2.75) is 31.9 Å². The minimum atomic E-state index is -3.30. The molecular formula is C15H23BrFNO3S2Sr. The summed E-state index contributed by atoms with van der Waals surface area (Å²) < 4.78 is 38.9. The van der Waals surface area contributed by atoms with Crippen LogP contribution in [0, 0.1) is 5.82 Å². The van der Waals surface area contributed by atoms with Gasteiger partial charge in [0, 0.05) is 17.4 Å². The van der Waals surface area contributed by atoms with Gasteiger partial charge in [-0.25, -0.2) is 12.8 Å². The molecule has 1 aromatic rings. The minimum absolute atomic E-state index is 0.00725. The topological polar surface area (TPSA) is 54.5 Å². The maximum absolute atomic E-state index is 12.1. The molecule has 0 aromatic heterocycles. The van der Waals surface area contributed by atoms with Gasteiger partial charge >= 0.3 is 52.2 Å². The Labute approximate surface area is 183 Å². The summed E-state index contributed by atoms with van der Waals surface area (Å²) in [4.78, 5) is 10.9. The van der Waals surface area contributed by atoms with Gasteiger partial charge in [0.15, 0.2) is 0 Å². The number of carbonyl (C=O) groups is 1. The Kier molecular flexibility index (Phi) is 12.2. The number of rotatable bonds is 1. The van der Waals surface area contributed by atoms with Crippen molar-refractivity contribution >= 4 is 77.7 Å². The van der Waals surface area contributed by atoms with Crippen LogP contribution in [0.25, 0.3) is 0 Å². The van der Waals surface area contributed by atoms with E-state index >= 15 is 0 Å². The standard InChI is InChI=1S/C8H15NO3S.C6H4BrF.CH4S.Sr.H/c1-8(2,3)13(11,12)9-5-4-7(10)6-9;7-5-2-1-3-6(8)4-5;1-2;;/h4-6H2,1-3H3;1-4H;2H,1H3;;/q;;;+1;/p-1. The van der Waals surface area contributed by atoms with Gasteiger partial charge in [-0.05, 0) is 39.0 Å². The van der Waals surface area contributed by atoms with Crippen LogP contribution in [-0.4, -0.2) is 83.8 Å². The largest absolute Gasteiger partial charge is 0.207 e. The summed E-state index contributed by atoms with van der Waals surface area (Å²) in [7, 11) is -3.30. The molecule has 1 heterocycles. The first-order chi connectivity index (χ1) is 11.0. The number of carbonyl (C=O) groups excluding carboxylic acids is 1. The molecule has 1 fully saturated rings. The number of hydrogen-bond donors (Lipinski definition) is 0. The normalized spacial score (nSPS) is 15.1. The Morgan fingerprint density at radius 2 is 1.88 bits per heavy atom. The summed E-state index contributed by atoms with van der Waals surface area (Å²) in [6.07, 6.45) is 2.49. The van der Waals surface area contributed by atoms with Gasteiger partial charge in [-0.1, -0.05) is 22.0 Å². The molecule has 0 radical (unpaired) electrons. The van der Waals surface area contributed by atoms with Crippen LogP contribution in [-0.2, 0) is 14.8 Å². The second-order valence-corrected chi connectivity index (χ2v) is 16.5. The van der Waals surface area contributed by atoms with E-state index in [0.717, 1.165) is 45.7 Å². The summed E-state index contributed by atoms with van der Waals surface area (Å²) in [6, 6.07) is 6.26. The molecule has 4 nitrogen and oxygen atoms in total. The van der Waals surface area contributed by atoms with Crippen LogP contribution in [0.5, 0.6) is 0 Å². The van der Waals surface area contributed by atoms with Crippen LogP contribution in [0.3, 0.4) is 0 Å². The number of nitrogens with zero attached hydrogens (tertiary/aromatic N) is 1. The maximum Gasteiger partial charge on any atom is 0.124 e. The molecule has 0 aliphatic carbocycles. The average molecular weight is 516 g/mol. The van der Waals surface area contributed by atoms with E-state index in [9.17, 15) is 17.6 Å². The van der Waals surface area contributed by atoms with Crippen molar-refractivity contribution in [3.05, 3.63) is 34.6 Å². The van der Waals surface area contributed by atoms with E-state index in [1.807, 2.05) is 4.75 Å². The van der Waals surface area contributed by atoms with Gasteiger partial charge < -0.3 is 0 Å². The molecule has 0 atom stereocenters. The molecule has 9 heteroatoms. The summed E-state index contributed by atoms with van der Waals surface area (Å²) in [5.41, 5.74) is 0. The number of Topliss-reactive ketones (excluding diaryl/α,β-unsaturated/α-hetero) is 1. The maximum atomic E-state index is 12.1. The van der Waals surface area contributed by atoms with E-state index in [4.69, 9.17) is 0 Å². The Morgan fingerprint density at radius 3 is 2.17 bits per heavy atom. The van der Waals surface area contributed by atoms with Gasteiger partial charge in [-0.2, -0.15) is 4.31 Å². The van der Waals surface area contributed by atoms with E-state index in [0.29, 0.717) is 13.0 Å². The van der Waals surface area contributed by atoms with Gasteiger partial charge in [0.1, 0.15) is 11.6 Å². The zero-order chi connectivity index (χ0) is 19.0. The summed E-state index contributed by atoms with van der Waals surface area (Å²) in [5.74, 6) is -0.202. The Hall–Kier alpha value is 1.04. The number of sulfonamides is 1. The van der Waals surface area contributed by atoms with E-state index in [2.05, 4.69) is 22.2 Å². The molecule has 24 heavy (non-hydrogen) atoms. The number of ketones is 1. The molecular weight excluding hydrogens is 493 g/mol. The fourth-order valence-electron chi connectivity index (χ4n) is 1.66. The first kappa shape index (κ1) is 25.0. The van der Waals surface area contributed by atoms with Gasteiger partial charge in [0.05, 0.1) is 11.3 Å². The molecule has 2 rings (SSSR count). The monoisotopic (exact) mass is 515 g/mol. The fraction of sp³-hybridized carbons (Fsp3) is 0.533. The molecule has 1 aliphatic heterocycles. The van der Waals surface area contributed by atoms with Crippen molar-refractivity contribution in [3.63, 3.8) is 0 Å². The third kappa shape index (κ3) is 9.12. The number of hydrogen-bond acceptors (Lipinski definition) is 4. The van der Waals surface area contributed by atoms with E-state index < -0.39 is 14.8 Å². The quantitative estimate of drug-likeness (QED) is 0.539. The molecule has 1 aromatic carbocycles. The van der Waals surface area contributed by atoms with Crippen LogP contribution in [0.1, 0.15) is 27.2 Å². The van der Waals surface area contributed by atoms with Gasteiger partial charge in [-0.15, -0.1) is 0 Å². The molecule has 0 unspecified atom stereocenters. The van der Waals surface area contributed by atoms with Gasteiger partial charge in [0.2, 0.25) is 10.0 Å². The molecule has 0 N–H and O–H groups in total. The Morgan fingerprint density at radius 1 is 1.33 bits per heavy atom. The van der Waals surface area contributed by atoms with E-state index in [1.54, 1.807) is 32.9 Å². The van der Waals surface area contributed by atoms with Crippen LogP contribution in [0.2, 0.25) is 0 Å². The molecule has 1 saturated heterocycles. The van der Waals surface area contributed by atoms with Gasteiger partial charge in [0.25, 0.3) is 0 Å². The molecule has 0 saturated carbocycles. The second kappa shape index (κ2) is 11.7. The van der Waals surface area contributed by atoms with Crippen molar-refractivity contribution in [2.24, 2.45) is 0 Å². The van der Waals surface area contributed by atoms with Crippen LogP contribution in [0.15, 0.2) is 28.7 Å². The fourth-order valence-corrected chi connectivity index (χ4v) is 3.45. The number of benzene rings is 1. The summed E-state index contributed by atoms with van der Waals surface area (Å²) in [5, 5.41) is 0. The third-order valence-electron chi connectivity index (χ3n) is 2.89. The van der Waals surface area contributed by atoms with E-state index in [-0.39, 0.29) is 18.1 Å². The first-order valence-corrected chi connectivity index (χ1v) is 17.2. The smallest absolute Gasteiger partial charge is 0.124 e. The predicted octanol–water partition coefficient (Wildman–Crippen LogP) is 3.14. The molecule has 0 bridgehead atoms. The predicted molar refractivity (Wildman–Crippen MR) is 105 cm³/mol.